The molecule has 0 spiro atoms. The summed E-state index contributed by atoms with van der Waals surface area (Å²) >= 11 is 1.70. The number of hydrogen-bond donors (Lipinski definition) is 0. The van der Waals surface area contributed by atoms with E-state index in [-0.39, 0.29) is 30.3 Å². The van der Waals surface area contributed by atoms with E-state index >= 15 is 0 Å². The highest BCUT2D eigenvalue weighted by molar-refractivity contribution is 7.07. The number of thiophene rings is 1. The number of likely N-dealkylation sites (N-methyl/N-ethyl adjacent to an activating group) is 1. The number of pyridine rings is 1. The van der Waals surface area contributed by atoms with Gasteiger partial charge < -0.3 is 9.80 Å². The Hall–Kier alpha value is -2.25. The summed E-state index contributed by atoms with van der Waals surface area (Å²) in [5, 5.41) is 4.24. The Morgan fingerprint density at radius 1 is 1.22 bits per heavy atom. The molecule has 142 valence electrons. The van der Waals surface area contributed by atoms with Gasteiger partial charge >= 0.3 is 0 Å². The summed E-state index contributed by atoms with van der Waals surface area (Å²) < 4.78 is 0. The van der Waals surface area contributed by atoms with E-state index in [1.165, 1.54) is 5.56 Å². The van der Waals surface area contributed by atoms with Gasteiger partial charge in [0.1, 0.15) is 6.54 Å². The molecule has 7 heteroatoms. The third-order valence-corrected chi connectivity index (χ3v) is 6.32. The molecule has 2 aliphatic rings. The van der Waals surface area contributed by atoms with Crippen molar-refractivity contribution in [1.29, 1.82) is 0 Å². The molecule has 0 bridgehead atoms. The Balaban J connectivity index is 1.53. The van der Waals surface area contributed by atoms with Crippen LogP contribution in [0.25, 0.3) is 0 Å². The predicted molar refractivity (Wildman–Crippen MR) is 104 cm³/mol. The van der Waals surface area contributed by atoms with Crippen molar-refractivity contribution in [3.8, 4) is 0 Å². The third-order valence-electron chi connectivity index (χ3n) is 5.59. The number of carbonyl (C=O) groups is 2. The summed E-state index contributed by atoms with van der Waals surface area (Å²) in [7, 11) is 1.84. The fourth-order valence-corrected chi connectivity index (χ4v) is 4.78. The number of piperidine rings is 1. The molecule has 6 nitrogen and oxygen atoms in total. The van der Waals surface area contributed by atoms with Crippen LogP contribution in [0.5, 0.6) is 0 Å². The molecule has 0 saturated carbocycles. The molecule has 27 heavy (non-hydrogen) atoms. The molecule has 0 aromatic carbocycles. The Morgan fingerprint density at radius 3 is 2.85 bits per heavy atom. The highest BCUT2D eigenvalue weighted by Gasteiger charge is 2.43. The summed E-state index contributed by atoms with van der Waals surface area (Å²) in [6, 6.07) is 5.93. The van der Waals surface area contributed by atoms with E-state index in [4.69, 9.17) is 0 Å². The van der Waals surface area contributed by atoms with Gasteiger partial charge in [-0.15, -0.1) is 0 Å². The van der Waals surface area contributed by atoms with Crippen LogP contribution in [-0.4, -0.2) is 64.2 Å². The van der Waals surface area contributed by atoms with Gasteiger partial charge in [-0.2, -0.15) is 11.3 Å². The summed E-state index contributed by atoms with van der Waals surface area (Å²) in [4.78, 5) is 36.0. The predicted octanol–water partition coefficient (Wildman–Crippen LogP) is 1.83. The van der Waals surface area contributed by atoms with Crippen LogP contribution in [-0.2, 0) is 22.7 Å². The zero-order valence-corrected chi connectivity index (χ0v) is 16.3. The van der Waals surface area contributed by atoms with Crippen LogP contribution < -0.4 is 0 Å². The second kappa shape index (κ2) is 7.78. The highest BCUT2D eigenvalue weighted by Crippen LogP contribution is 2.28. The number of amides is 2. The molecule has 2 saturated heterocycles. The van der Waals surface area contributed by atoms with Gasteiger partial charge in [-0.05, 0) is 40.4 Å². The molecular formula is C20H24N4O2S. The monoisotopic (exact) mass is 384 g/mol. The van der Waals surface area contributed by atoms with Crippen molar-refractivity contribution < 1.29 is 9.59 Å². The van der Waals surface area contributed by atoms with Crippen molar-refractivity contribution >= 4 is 23.2 Å². The number of fused-ring (bicyclic) bond motifs is 1. The molecule has 4 heterocycles. The number of carbonyl (C=O) groups excluding carboxylic acids is 2. The van der Waals surface area contributed by atoms with E-state index in [2.05, 4.69) is 26.7 Å². The second-order valence-electron chi connectivity index (χ2n) is 7.39. The molecule has 0 N–H and O–H groups in total. The van der Waals surface area contributed by atoms with E-state index < -0.39 is 0 Å². The van der Waals surface area contributed by atoms with Gasteiger partial charge in [0.25, 0.3) is 0 Å². The van der Waals surface area contributed by atoms with Gasteiger partial charge in [0, 0.05) is 51.7 Å². The molecule has 0 aliphatic carbocycles. The van der Waals surface area contributed by atoms with Gasteiger partial charge in [0.05, 0.1) is 5.92 Å². The molecule has 0 unspecified atom stereocenters. The average Bonchev–Trinajstić information content (AvgIpc) is 3.17. The Labute approximate surface area is 163 Å². The minimum atomic E-state index is -0.175. The first-order valence-electron chi connectivity index (χ1n) is 9.28. The van der Waals surface area contributed by atoms with Crippen LogP contribution in [0.15, 0.2) is 41.4 Å². The molecule has 2 fully saturated rings. The molecule has 0 radical (unpaired) electrons. The first-order valence-corrected chi connectivity index (χ1v) is 10.2. The first-order chi connectivity index (χ1) is 13.1. The van der Waals surface area contributed by atoms with Crippen LogP contribution in [0.1, 0.15) is 17.5 Å². The van der Waals surface area contributed by atoms with Gasteiger partial charge in [-0.3, -0.25) is 19.5 Å². The Bertz CT molecular complexity index is 796. The number of rotatable bonds is 4. The zero-order chi connectivity index (χ0) is 18.8. The quantitative estimate of drug-likeness (QED) is 0.807. The Morgan fingerprint density at radius 2 is 2.11 bits per heavy atom. The van der Waals surface area contributed by atoms with Gasteiger partial charge in [0.2, 0.25) is 11.8 Å². The topological polar surface area (TPSA) is 56.8 Å². The largest absolute Gasteiger partial charge is 0.340 e. The fraction of sp³-hybridized carbons (Fsp3) is 0.450. The van der Waals surface area contributed by atoms with E-state index in [1.54, 1.807) is 33.5 Å². The fourth-order valence-electron chi connectivity index (χ4n) is 4.12. The number of aromatic nitrogens is 1. The average molecular weight is 385 g/mol. The third kappa shape index (κ3) is 3.89. The van der Waals surface area contributed by atoms with Crippen LogP contribution in [0.4, 0.5) is 0 Å². The number of likely N-dealkylation sites (tertiary alicyclic amines) is 1. The minimum absolute atomic E-state index is 0.0115. The standard InChI is InChI=1S/C20H24N4O2S/c1-22-18-4-7-23(10-16-5-8-27-14-16)12-17(18)20(26)24(13-19(22)25)11-15-3-2-6-21-9-15/h2-3,5-6,8-9,14,17-18H,4,7,10-13H2,1H3/t17-,18+/m0/s1. The summed E-state index contributed by atoms with van der Waals surface area (Å²) in [5.41, 5.74) is 2.24. The lowest BCUT2D eigenvalue weighted by atomic mass is 9.90. The van der Waals surface area contributed by atoms with Crippen molar-refractivity contribution in [2.75, 3.05) is 26.7 Å². The van der Waals surface area contributed by atoms with Crippen LogP contribution in [0, 0.1) is 5.92 Å². The summed E-state index contributed by atoms with van der Waals surface area (Å²) in [6.07, 6.45) is 4.31. The SMILES string of the molecule is CN1C(=O)CN(Cc2cccnc2)C(=O)[C@H]2CN(Cc3ccsc3)CC[C@H]21. The maximum absolute atomic E-state index is 13.3. The maximum Gasteiger partial charge on any atom is 0.242 e. The Kier molecular flexibility index (Phi) is 5.22. The number of hydrogen-bond acceptors (Lipinski definition) is 5. The van der Waals surface area contributed by atoms with E-state index in [9.17, 15) is 9.59 Å². The molecule has 2 aromatic rings. The minimum Gasteiger partial charge on any atom is -0.340 e. The lowest BCUT2D eigenvalue weighted by Gasteiger charge is -2.40. The molecule has 2 aliphatic heterocycles. The van der Waals surface area contributed by atoms with Crippen molar-refractivity contribution in [1.82, 2.24) is 19.7 Å². The summed E-state index contributed by atoms with van der Waals surface area (Å²) in [5.74, 6) is -0.0758. The van der Waals surface area contributed by atoms with Gasteiger partial charge in [-0.1, -0.05) is 6.07 Å². The van der Waals surface area contributed by atoms with E-state index in [1.807, 2.05) is 19.2 Å². The van der Waals surface area contributed by atoms with Crippen molar-refractivity contribution in [2.45, 2.75) is 25.6 Å². The first kappa shape index (κ1) is 18.1. The molecule has 2 aromatic heterocycles. The van der Waals surface area contributed by atoms with Crippen LogP contribution in [0.2, 0.25) is 0 Å². The van der Waals surface area contributed by atoms with Gasteiger partial charge in [-0.25, -0.2) is 0 Å². The molecular weight excluding hydrogens is 360 g/mol. The molecule has 2 atom stereocenters. The highest BCUT2D eigenvalue weighted by atomic mass is 32.1. The van der Waals surface area contributed by atoms with Crippen LogP contribution in [0.3, 0.4) is 0 Å². The lowest BCUT2D eigenvalue weighted by molar-refractivity contribution is -0.138. The normalized spacial score (nSPS) is 24.0. The number of nitrogens with zero attached hydrogens (tertiary/aromatic N) is 4. The van der Waals surface area contributed by atoms with E-state index in [0.717, 1.165) is 25.1 Å². The molecule has 2 amide bonds. The molecule has 4 rings (SSSR count). The van der Waals surface area contributed by atoms with Crippen LogP contribution >= 0.6 is 11.3 Å². The van der Waals surface area contributed by atoms with Gasteiger partial charge in [0.15, 0.2) is 0 Å². The smallest absolute Gasteiger partial charge is 0.242 e. The van der Waals surface area contributed by atoms with E-state index in [0.29, 0.717) is 13.1 Å². The zero-order valence-electron chi connectivity index (χ0n) is 15.5. The van der Waals surface area contributed by atoms with Crippen molar-refractivity contribution in [3.63, 3.8) is 0 Å². The lowest BCUT2D eigenvalue weighted by Crippen LogP contribution is -2.53. The van der Waals surface area contributed by atoms with Crippen molar-refractivity contribution in [3.05, 3.63) is 52.5 Å². The summed E-state index contributed by atoms with van der Waals surface area (Å²) in [6.45, 7) is 3.03. The van der Waals surface area contributed by atoms with Crippen molar-refractivity contribution in [2.24, 2.45) is 5.92 Å². The second-order valence-corrected chi connectivity index (χ2v) is 8.17. The maximum atomic E-state index is 13.3.